The monoisotopic (exact) mass is 407 g/mol. The van der Waals surface area contributed by atoms with E-state index in [9.17, 15) is 14.0 Å². The molecule has 4 aromatic rings. The fraction of sp³-hybridized carbons (Fsp3) is 0.227. The van der Waals surface area contributed by atoms with Crippen molar-refractivity contribution < 1.29 is 14.0 Å². The third kappa shape index (κ3) is 4.17. The number of amides is 2. The highest BCUT2D eigenvalue weighted by molar-refractivity contribution is 5.88. The standard InChI is InChI=1S/C22H22FN5O2/c1-13(29)24-6-4-14-10-27-21-16(7-17(23)9-19(14)21)12-26-20(30)8-15-11-28-22-18(15)3-2-5-25-22/h2-3,5,7,9-11,27H,4,6,8,12H2,1H3,(H,24,29)(H,25,28)(H,26,30). The molecule has 0 aliphatic carbocycles. The molecule has 0 unspecified atom stereocenters. The van der Waals surface area contributed by atoms with Crippen molar-refractivity contribution in [3.63, 3.8) is 0 Å². The first-order chi connectivity index (χ1) is 14.5. The van der Waals surface area contributed by atoms with Gasteiger partial charge in [-0.3, -0.25) is 9.59 Å². The lowest BCUT2D eigenvalue weighted by Gasteiger charge is -2.08. The predicted octanol–water partition coefficient (Wildman–Crippen LogP) is 2.72. The molecule has 0 aliphatic rings. The van der Waals surface area contributed by atoms with Crippen molar-refractivity contribution >= 4 is 33.8 Å². The van der Waals surface area contributed by atoms with Crippen LogP contribution in [0, 0.1) is 5.82 Å². The number of pyridine rings is 1. The second kappa shape index (κ2) is 8.36. The van der Waals surface area contributed by atoms with E-state index >= 15 is 0 Å². The maximum absolute atomic E-state index is 14.2. The number of H-pyrrole nitrogens is 2. The van der Waals surface area contributed by atoms with Crippen LogP contribution in [-0.2, 0) is 29.0 Å². The van der Waals surface area contributed by atoms with Gasteiger partial charge in [0.1, 0.15) is 11.5 Å². The SMILES string of the molecule is CC(=O)NCCc1c[nH]c2c(CNC(=O)Cc3c[nH]c4ncccc34)cc(F)cc12. The number of nitrogens with one attached hydrogen (secondary N) is 4. The van der Waals surface area contributed by atoms with Gasteiger partial charge >= 0.3 is 0 Å². The summed E-state index contributed by atoms with van der Waals surface area (Å²) in [5.74, 6) is -0.625. The number of aromatic amines is 2. The molecule has 0 atom stereocenters. The van der Waals surface area contributed by atoms with E-state index < -0.39 is 0 Å². The van der Waals surface area contributed by atoms with Gasteiger partial charge < -0.3 is 20.6 Å². The van der Waals surface area contributed by atoms with Crippen molar-refractivity contribution in [2.75, 3.05) is 6.54 Å². The average Bonchev–Trinajstić information content (AvgIpc) is 3.30. The maximum Gasteiger partial charge on any atom is 0.224 e. The molecule has 0 aliphatic heterocycles. The highest BCUT2D eigenvalue weighted by Crippen LogP contribution is 2.24. The van der Waals surface area contributed by atoms with E-state index in [-0.39, 0.29) is 30.6 Å². The summed E-state index contributed by atoms with van der Waals surface area (Å²) in [6.45, 7) is 2.15. The summed E-state index contributed by atoms with van der Waals surface area (Å²) in [6, 6.07) is 6.64. The molecule has 4 rings (SSSR count). The molecule has 0 fully saturated rings. The van der Waals surface area contributed by atoms with Gasteiger partial charge in [-0.05, 0) is 47.4 Å². The van der Waals surface area contributed by atoms with Crippen molar-refractivity contribution in [2.24, 2.45) is 0 Å². The molecule has 7 nitrogen and oxygen atoms in total. The van der Waals surface area contributed by atoms with Crippen molar-refractivity contribution in [2.45, 2.75) is 26.3 Å². The van der Waals surface area contributed by atoms with Gasteiger partial charge in [-0.2, -0.15) is 0 Å². The lowest BCUT2D eigenvalue weighted by atomic mass is 10.1. The second-order valence-corrected chi connectivity index (χ2v) is 7.20. The van der Waals surface area contributed by atoms with Crippen LogP contribution in [0.2, 0.25) is 0 Å². The molecule has 3 aromatic heterocycles. The fourth-order valence-corrected chi connectivity index (χ4v) is 3.63. The Balaban J connectivity index is 1.46. The van der Waals surface area contributed by atoms with Gasteiger partial charge in [-0.25, -0.2) is 9.37 Å². The van der Waals surface area contributed by atoms with Crippen LogP contribution in [-0.4, -0.2) is 33.3 Å². The topological polar surface area (TPSA) is 103 Å². The molecule has 30 heavy (non-hydrogen) atoms. The van der Waals surface area contributed by atoms with E-state index in [0.717, 1.165) is 33.1 Å². The number of halogens is 1. The van der Waals surface area contributed by atoms with E-state index in [4.69, 9.17) is 0 Å². The second-order valence-electron chi connectivity index (χ2n) is 7.20. The minimum atomic E-state index is -0.366. The van der Waals surface area contributed by atoms with Gasteiger partial charge in [0.05, 0.1) is 11.9 Å². The molecule has 3 heterocycles. The number of fused-ring (bicyclic) bond motifs is 2. The van der Waals surface area contributed by atoms with Crippen molar-refractivity contribution in [1.82, 2.24) is 25.6 Å². The summed E-state index contributed by atoms with van der Waals surface area (Å²) < 4.78 is 14.2. The molecule has 8 heteroatoms. The molecule has 1 aromatic carbocycles. The molecular weight excluding hydrogens is 385 g/mol. The van der Waals surface area contributed by atoms with Gasteiger partial charge in [0.2, 0.25) is 11.8 Å². The largest absolute Gasteiger partial charge is 0.361 e. The smallest absolute Gasteiger partial charge is 0.224 e. The van der Waals surface area contributed by atoms with Gasteiger partial charge in [0.25, 0.3) is 0 Å². The zero-order chi connectivity index (χ0) is 21.1. The minimum absolute atomic E-state index is 0.101. The van der Waals surface area contributed by atoms with Gasteiger partial charge in [-0.1, -0.05) is 0 Å². The van der Waals surface area contributed by atoms with Crippen LogP contribution in [0.4, 0.5) is 4.39 Å². The van der Waals surface area contributed by atoms with Crippen LogP contribution in [0.3, 0.4) is 0 Å². The minimum Gasteiger partial charge on any atom is -0.361 e. The zero-order valence-electron chi connectivity index (χ0n) is 16.5. The van der Waals surface area contributed by atoms with E-state index in [1.807, 2.05) is 18.3 Å². The summed E-state index contributed by atoms with van der Waals surface area (Å²) in [4.78, 5) is 34.0. The summed E-state index contributed by atoms with van der Waals surface area (Å²) in [6.07, 6.45) is 6.08. The van der Waals surface area contributed by atoms with Crippen LogP contribution in [0.25, 0.3) is 21.9 Å². The molecule has 0 saturated carbocycles. The van der Waals surface area contributed by atoms with Crippen molar-refractivity contribution in [1.29, 1.82) is 0 Å². The molecule has 0 bridgehead atoms. The van der Waals surface area contributed by atoms with Crippen molar-refractivity contribution in [3.8, 4) is 0 Å². The zero-order valence-corrected chi connectivity index (χ0v) is 16.5. The molecule has 0 radical (unpaired) electrons. The number of carbonyl (C=O) groups is 2. The molecular formula is C22H22FN5O2. The molecule has 4 N–H and O–H groups in total. The Morgan fingerprint density at radius 1 is 1.07 bits per heavy atom. The van der Waals surface area contributed by atoms with E-state index in [0.29, 0.717) is 18.5 Å². The van der Waals surface area contributed by atoms with E-state index in [1.54, 1.807) is 12.4 Å². The van der Waals surface area contributed by atoms with Crippen LogP contribution in [0.15, 0.2) is 42.9 Å². The first-order valence-electron chi connectivity index (χ1n) is 9.72. The maximum atomic E-state index is 14.2. The normalized spacial score (nSPS) is 11.1. The lowest BCUT2D eigenvalue weighted by molar-refractivity contribution is -0.120. The van der Waals surface area contributed by atoms with E-state index in [2.05, 4.69) is 25.6 Å². The number of rotatable bonds is 7. The number of benzene rings is 1. The van der Waals surface area contributed by atoms with Gasteiger partial charge in [-0.15, -0.1) is 0 Å². The summed E-state index contributed by atoms with van der Waals surface area (Å²) in [7, 11) is 0. The third-order valence-corrected chi connectivity index (χ3v) is 5.05. The summed E-state index contributed by atoms with van der Waals surface area (Å²) in [5.41, 5.74) is 3.97. The molecule has 0 spiro atoms. The fourth-order valence-electron chi connectivity index (χ4n) is 3.63. The van der Waals surface area contributed by atoms with Gasteiger partial charge in [0, 0.05) is 49.4 Å². The van der Waals surface area contributed by atoms with Crippen LogP contribution in [0.5, 0.6) is 0 Å². The average molecular weight is 407 g/mol. The molecule has 154 valence electrons. The Hall–Kier alpha value is -3.68. The summed E-state index contributed by atoms with van der Waals surface area (Å²) >= 11 is 0. The number of hydrogen-bond acceptors (Lipinski definition) is 3. The number of carbonyl (C=O) groups excluding carboxylic acids is 2. The third-order valence-electron chi connectivity index (χ3n) is 5.05. The number of nitrogens with zero attached hydrogens (tertiary/aromatic N) is 1. The number of aromatic nitrogens is 3. The summed E-state index contributed by atoms with van der Waals surface area (Å²) in [5, 5.41) is 7.28. The van der Waals surface area contributed by atoms with Crippen LogP contribution >= 0.6 is 0 Å². The van der Waals surface area contributed by atoms with E-state index in [1.165, 1.54) is 19.1 Å². The Morgan fingerprint density at radius 3 is 2.73 bits per heavy atom. The first-order valence-corrected chi connectivity index (χ1v) is 9.72. The van der Waals surface area contributed by atoms with Crippen LogP contribution in [0.1, 0.15) is 23.6 Å². The lowest BCUT2D eigenvalue weighted by Crippen LogP contribution is -2.24. The Kier molecular flexibility index (Phi) is 5.47. The van der Waals surface area contributed by atoms with Gasteiger partial charge in [0.15, 0.2) is 0 Å². The van der Waals surface area contributed by atoms with Crippen LogP contribution < -0.4 is 10.6 Å². The molecule has 2 amide bonds. The highest BCUT2D eigenvalue weighted by atomic mass is 19.1. The highest BCUT2D eigenvalue weighted by Gasteiger charge is 2.13. The Labute approximate surface area is 172 Å². The Bertz CT molecular complexity index is 1230. The quantitative estimate of drug-likeness (QED) is 0.379. The number of hydrogen-bond donors (Lipinski definition) is 4. The molecule has 0 saturated heterocycles. The Morgan fingerprint density at radius 2 is 1.90 bits per heavy atom. The predicted molar refractivity (Wildman–Crippen MR) is 112 cm³/mol. The first kappa shape index (κ1) is 19.6. The van der Waals surface area contributed by atoms with Crippen molar-refractivity contribution in [3.05, 3.63) is 65.4 Å².